The fourth-order valence-corrected chi connectivity index (χ4v) is 4.13. The van der Waals surface area contributed by atoms with Crippen molar-refractivity contribution in [3.05, 3.63) is 29.8 Å². The van der Waals surface area contributed by atoms with E-state index < -0.39 is 0 Å². The number of para-hydroxylation sites is 1. The zero-order chi connectivity index (χ0) is 13.4. The van der Waals surface area contributed by atoms with Crippen LogP contribution in [0.2, 0.25) is 0 Å². The van der Waals surface area contributed by atoms with Gasteiger partial charge in [0.2, 0.25) is 0 Å². The van der Waals surface area contributed by atoms with Crippen molar-refractivity contribution in [2.24, 2.45) is 11.8 Å². The molecule has 20 heavy (non-hydrogen) atoms. The summed E-state index contributed by atoms with van der Waals surface area (Å²) in [6.07, 6.45) is 4.68. The topological polar surface area (TPSA) is 30.5 Å². The molecule has 3 heterocycles. The Bertz CT molecular complexity index is 482. The van der Waals surface area contributed by atoms with Gasteiger partial charge in [-0.3, -0.25) is 0 Å². The van der Waals surface area contributed by atoms with Crippen LogP contribution in [0.15, 0.2) is 24.3 Å². The summed E-state index contributed by atoms with van der Waals surface area (Å²) in [6, 6.07) is 8.73. The van der Waals surface area contributed by atoms with Gasteiger partial charge in [0.05, 0.1) is 12.2 Å². The third kappa shape index (κ3) is 2.23. The van der Waals surface area contributed by atoms with E-state index in [-0.39, 0.29) is 5.60 Å². The SMILES string of the molecule is c1ccc2c(c1)CC(C1CCOC3(CCOC3)C1)CN2. The summed E-state index contributed by atoms with van der Waals surface area (Å²) < 4.78 is 11.7. The molecule has 0 bridgehead atoms. The average molecular weight is 273 g/mol. The summed E-state index contributed by atoms with van der Waals surface area (Å²) in [5, 5.41) is 3.62. The Balaban J connectivity index is 1.48. The largest absolute Gasteiger partial charge is 0.385 e. The van der Waals surface area contributed by atoms with Crippen molar-refractivity contribution in [3.8, 4) is 0 Å². The van der Waals surface area contributed by atoms with Gasteiger partial charge < -0.3 is 14.8 Å². The second-order valence-electron chi connectivity index (χ2n) is 6.59. The monoisotopic (exact) mass is 273 g/mol. The molecule has 1 spiro atoms. The summed E-state index contributed by atoms with van der Waals surface area (Å²) in [5.41, 5.74) is 2.85. The molecule has 0 radical (unpaired) electrons. The highest BCUT2D eigenvalue weighted by molar-refractivity contribution is 5.53. The molecule has 4 rings (SSSR count). The van der Waals surface area contributed by atoms with Gasteiger partial charge in [-0.2, -0.15) is 0 Å². The van der Waals surface area contributed by atoms with Crippen molar-refractivity contribution in [1.82, 2.24) is 0 Å². The summed E-state index contributed by atoms with van der Waals surface area (Å²) in [5.74, 6) is 1.51. The molecular weight excluding hydrogens is 250 g/mol. The highest BCUT2D eigenvalue weighted by Gasteiger charge is 2.43. The van der Waals surface area contributed by atoms with Crippen molar-refractivity contribution < 1.29 is 9.47 Å². The Hall–Kier alpha value is -1.06. The first-order valence-corrected chi connectivity index (χ1v) is 7.88. The van der Waals surface area contributed by atoms with Gasteiger partial charge >= 0.3 is 0 Å². The minimum absolute atomic E-state index is 0.0415. The van der Waals surface area contributed by atoms with E-state index in [0.29, 0.717) is 0 Å². The Morgan fingerprint density at radius 3 is 3.00 bits per heavy atom. The summed E-state index contributed by atoms with van der Waals surface area (Å²) in [6.45, 7) is 3.70. The zero-order valence-electron chi connectivity index (χ0n) is 11.9. The van der Waals surface area contributed by atoms with Gasteiger partial charge in [-0.1, -0.05) is 18.2 Å². The minimum Gasteiger partial charge on any atom is -0.385 e. The molecular formula is C17H23NO2. The van der Waals surface area contributed by atoms with Gasteiger partial charge in [0.15, 0.2) is 0 Å². The van der Waals surface area contributed by atoms with E-state index in [4.69, 9.17) is 9.47 Å². The second-order valence-corrected chi connectivity index (χ2v) is 6.59. The highest BCUT2D eigenvalue weighted by atomic mass is 16.6. The van der Waals surface area contributed by atoms with Gasteiger partial charge in [-0.25, -0.2) is 0 Å². The standard InChI is InChI=1S/C17H23NO2/c1-2-4-16-13(3-1)9-15(11-18-16)14-5-7-20-17(10-14)6-8-19-12-17/h1-4,14-15,18H,5-12H2. The Kier molecular flexibility index (Phi) is 3.20. The van der Waals surface area contributed by atoms with E-state index in [9.17, 15) is 0 Å². The van der Waals surface area contributed by atoms with Gasteiger partial charge in [0, 0.05) is 31.9 Å². The molecule has 3 atom stereocenters. The molecule has 108 valence electrons. The normalized spacial score (nSPS) is 36.6. The maximum atomic E-state index is 6.07. The van der Waals surface area contributed by atoms with Crippen LogP contribution in [0, 0.1) is 11.8 Å². The van der Waals surface area contributed by atoms with Crippen LogP contribution in [0.3, 0.4) is 0 Å². The van der Waals surface area contributed by atoms with Crippen LogP contribution >= 0.6 is 0 Å². The van der Waals surface area contributed by atoms with Crippen molar-refractivity contribution in [2.45, 2.75) is 31.3 Å². The lowest BCUT2D eigenvalue weighted by atomic mass is 9.74. The molecule has 1 aromatic carbocycles. The van der Waals surface area contributed by atoms with Gasteiger partial charge in [0.1, 0.15) is 0 Å². The Morgan fingerprint density at radius 1 is 1.15 bits per heavy atom. The third-order valence-electron chi connectivity index (χ3n) is 5.32. The molecule has 0 amide bonds. The number of hydrogen-bond acceptors (Lipinski definition) is 3. The predicted octanol–water partition coefficient (Wildman–Crippen LogP) is 2.86. The number of nitrogens with one attached hydrogen (secondary N) is 1. The fourth-order valence-electron chi connectivity index (χ4n) is 4.13. The molecule has 2 saturated heterocycles. The molecule has 3 unspecified atom stereocenters. The summed E-state index contributed by atoms with van der Waals surface area (Å²) >= 11 is 0. The van der Waals surface area contributed by atoms with Crippen LogP contribution in [0.4, 0.5) is 5.69 Å². The number of rotatable bonds is 1. The first-order chi connectivity index (χ1) is 9.85. The van der Waals surface area contributed by atoms with E-state index in [1.807, 2.05) is 0 Å². The van der Waals surface area contributed by atoms with Gasteiger partial charge in [-0.05, 0) is 42.7 Å². The van der Waals surface area contributed by atoms with Gasteiger partial charge in [-0.15, -0.1) is 0 Å². The number of fused-ring (bicyclic) bond motifs is 1. The van der Waals surface area contributed by atoms with E-state index in [1.165, 1.54) is 30.5 Å². The average Bonchev–Trinajstić information content (AvgIpc) is 2.94. The maximum absolute atomic E-state index is 6.07. The van der Waals surface area contributed by atoms with Crippen molar-refractivity contribution >= 4 is 5.69 Å². The van der Waals surface area contributed by atoms with Crippen LogP contribution in [0.5, 0.6) is 0 Å². The molecule has 0 aliphatic carbocycles. The summed E-state index contributed by atoms with van der Waals surface area (Å²) in [7, 11) is 0. The molecule has 2 fully saturated rings. The van der Waals surface area contributed by atoms with E-state index in [2.05, 4.69) is 29.6 Å². The Morgan fingerprint density at radius 2 is 2.10 bits per heavy atom. The van der Waals surface area contributed by atoms with E-state index in [0.717, 1.165) is 44.6 Å². The lowest BCUT2D eigenvalue weighted by molar-refractivity contribution is -0.106. The van der Waals surface area contributed by atoms with Crippen LogP contribution in [0.25, 0.3) is 0 Å². The van der Waals surface area contributed by atoms with Gasteiger partial charge in [0.25, 0.3) is 0 Å². The van der Waals surface area contributed by atoms with E-state index >= 15 is 0 Å². The fraction of sp³-hybridized carbons (Fsp3) is 0.647. The molecule has 1 aromatic rings. The van der Waals surface area contributed by atoms with Crippen LogP contribution in [-0.2, 0) is 15.9 Å². The lowest BCUT2D eigenvalue weighted by Gasteiger charge is -2.42. The molecule has 3 aliphatic rings. The minimum atomic E-state index is 0.0415. The highest BCUT2D eigenvalue weighted by Crippen LogP contribution is 2.41. The Labute approximate surface area is 120 Å². The zero-order valence-corrected chi connectivity index (χ0v) is 11.9. The maximum Gasteiger partial charge on any atom is 0.0939 e. The van der Waals surface area contributed by atoms with Crippen LogP contribution in [0.1, 0.15) is 24.8 Å². The third-order valence-corrected chi connectivity index (χ3v) is 5.32. The van der Waals surface area contributed by atoms with Crippen molar-refractivity contribution in [3.63, 3.8) is 0 Å². The number of hydrogen-bond donors (Lipinski definition) is 1. The van der Waals surface area contributed by atoms with Crippen LogP contribution < -0.4 is 5.32 Å². The molecule has 3 nitrogen and oxygen atoms in total. The lowest BCUT2D eigenvalue weighted by Crippen LogP contribution is -2.44. The molecule has 0 saturated carbocycles. The van der Waals surface area contributed by atoms with Crippen LogP contribution in [-0.4, -0.2) is 32.0 Å². The molecule has 0 aromatic heterocycles. The molecule has 1 N–H and O–H groups in total. The second kappa shape index (κ2) is 5.05. The smallest absolute Gasteiger partial charge is 0.0939 e. The molecule has 3 aliphatic heterocycles. The quantitative estimate of drug-likeness (QED) is 0.853. The molecule has 3 heteroatoms. The first kappa shape index (κ1) is 12.7. The van der Waals surface area contributed by atoms with Crippen molar-refractivity contribution in [1.29, 1.82) is 0 Å². The van der Waals surface area contributed by atoms with Crippen molar-refractivity contribution in [2.75, 3.05) is 31.7 Å². The predicted molar refractivity (Wildman–Crippen MR) is 79.0 cm³/mol. The number of benzene rings is 1. The number of ether oxygens (including phenoxy) is 2. The number of anilines is 1. The van der Waals surface area contributed by atoms with E-state index in [1.54, 1.807) is 0 Å². The first-order valence-electron chi connectivity index (χ1n) is 7.88. The summed E-state index contributed by atoms with van der Waals surface area (Å²) in [4.78, 5) is 0.